The Morgan fingerprint density at radius 3 is 2.42 bits per heavy atom. The molecule has 3 rings (SSSR count). The topological polar surface area (TPSA) is 56.8 Å². The fourth-order valence-corrected chi connectivity index (χ4v) is 2.84. The van der Waals surface area contributed by atoms with Crippen molar-refractivity contribution in [2.75, 3.05) is 19.0 Å². The van der Waals surface area contributed by atoms with Crippen LogP contribution in [0.2, 0.25) is 0 Å². The third-order valence-corrected chi connectivity index (χ3v) is 4.30. The fraction of sp³-hybridized carbons (Fsp3) is 0.174. The van der Waals surface area contributed by atoms with E-state index in [4.69, 9.17) is 9.47 Å². The number of methoxy groups -OCH3 is 1. The number of rotatable bonds is 9. The molecule has 0 aliphatic heterocycles. The molecule has 0 saturated carbocycles. The van der Waals surface area contributed by atoms with E-state index in [1.807, 2.05) is 0 Å². The van der Waals surface area contributed by atoms with Crippen molar-refractivity contribution in [2.45, 2.75) is 13.0 Å². The third-order valence-electron chi connectivity index (χ3n) is 4.30. The Balaban J connectivity index is 1.70. The largest absolute Gasteiger partial charge is 0.497 e. The predicted octanol–water partition coefficient (Wildman–Crippen LogP) is 5.51. The zero-order valence-corrected chi connectivity index (χ0v) is 16.6. The van der Waals surface area contributed by atoms with Gasteiger partial charge in [0.15, 0.2) is 11.6 Å². The molecule has 162 valence electrons. The van der Waals surface area contributed by atoms with Crippen LogP contribution in [0.4, 0.5) is 18.9 Å². The number of carbonyl (C=O) groups excluding carboxylic acids is 1. The summed E-state index contributed by atoms with van der Waals surface area (Å²) in [6.07, 6.45) is -0.0263. The Labute approximate surface area is 177 Å². The number of amides is 1. The maximum absolute atomic E-state index is 13.5. The van der Waals surface area contributed by atoms with Crippen molar-refractivity contribution in [3.8, 4) is 28.4 Å². The lowest BCUT2D eigenvalue weighted by atomic mass is 10.0. The van der Waals surface area contributed by atoms with Crippen molar-refractivity contribution in [1.29, 1.82) is 0 Å². The molecule has 0 aromatic heterocycles. The number of para-hydroxylation sites is 1. The molecule has 5 nitrogen and oxygen atoms in total. The number of hydrogen-bond donors (Lipinski definition) is 1. The monoisotopic (exact) mass is 431 g/mol. The Kier molecular flexibility index (Phi) is 7.37. The molecule has 0 aliphatic carbocycles. The van der Waals surface area contributed by atoms with Gasteiger partial charge in [-0.15, -0.1) is 0 Å². The van der Waals surface area contributed by atoms with E-state index in [0.717, 1.165) is 0 Å². The van der Waals surface area contributed by atoms with Crippen LogP contribution in [-0.4, -0.2) is 26.2 Å². The number of ether oxygens (including phenoxy) is 3. The SMILES string of the molecule is COc1ccc(-c2cc(NC(=O)CCOc3ccccc3F)ccc2OC(F)F)cc1. The van der Waals surface area contributed by atoms with Gasteiger partial charge < -0.3 is 19.5 Å². The highest BCUT2D eigenvalue weighted by atomic mass is 19.3. The van der Waals surface area contributed by atoms with Crippen molar-refractivity contribution in [2.24, 2.45) is 0 Å². The molecule has 0 saturated heterocycles. The molecule has 0 fully saturated rings. The van der Waals surface area contributed by atoms with Crippen LogP contribution >= 0.6 is 0 Å². The molecule has 31 heavy (non-hydrogen) atoms. The zero-order chi connectivity index (χ0) is 22.2. The molecule has 1 amide bonds. The fourth-order valence-electron chi connectivity index (χ4n) is 2.84. The first-order chi connectivity index (χ1) is 15.0. The van der Waals surface area contributed by atoms with Crippen LogP contribution in [0.1, 0.15) is 6.42 Å². The van der Waals surface area contributed by atoms with Gasteiger partial charge in [0, 0.05) is 11.3 Å². The molecular weight excluding hydrogens is 411 g/mol. The second-order valence-electron chi connectivity index (χ2n) is 6.40. The van der Waals surface area contributed by atoms with Crippen LogP contribution in [0.15, 0.2) is 66.7 Å². The second-order valence-corrected chi connectivity index (χ2v) is 6.40. The first kappa shape index (κ1) is 22.0. The van der Waals surface area contributed by atoms with Gasteiger partial charge in [0.2, 0.25) is 5.91 Å². The summed E-state index contributed by atoms with van der Waals surface area (Å²) < 4.78 is 54.1. The van der Waals surface area contributed by atoms with E-state index in [2.05, 4.69) is 10.1 Å². The van der Waals surface area contributed by atoms with E-state index in [9.17, 15) is 18.0 Å². The maximum Gasteiger partial charge on any atom is 0.387 e. The Morgan fingerprint density at radius 2 is 1.74 bits per heavy atom. The first-order valence-corrected chi connectivity index (χ1v) is 9.36. The average molecular weight is 431 g/mol. The molecule has 0 spiro atoms. The van der Waals surface area contributed by atoms with E-state index >= 15 is 0 Å². The number of hydrogen-bond acceptors (Lipinski definition) is 4. The molecular formula is C23H20F3NO4. The lowest BCUT2D eigenvalue weighted by Crippen LogP contribution is -2.15. The number of benzene rings is 3. The summed E-state index contributed by atoms with van der Waals surface area (Å²) in [7, 11) is 1.52. The predicted molar refractivity (Wildman–Crippen MR) is 110 cm³/mol. The van der Waals surface area contributed by atoms with E-state index in [1.165, 1.54) is 43.5 Å². The van der Waals surface area contributed by atoms with Crippen molar-refractivity contribution >= 4 is 11.6 Å². The number of carbonyl (C=O) groups is 1. The van der Waals surface area contributed by atoms with E-state index in [1.54, 1.807) is 30.3 Å². The summed E-state index contributed by atoms with van der Waals surface area (Å²) in [5, 5.41) is 2.68. The van der Waals surface area contributed by atoms with Gasteiger partial charge in [-0.3, -0.25) is 4.79 Å². The van der Waals surface area contributed by atoms with Crippen molar-refractivity contribution in [3.63, 3.8) is 0 Å². The molecule has 0 aliphatic rings. The summed E-state index contributed by atoms with van der Waals surface area (Å²) in [4.78, 5) is 12.2. The van der Waals surface area contributed by atoms with Gasteiger partial charge in [-0.2, -0.15) is 8.78 Å². The van der Waals surface area contributed by atoms with E-state index in [0.29, 0.717) is 22.6 Å². The number of anilines is 1. The lowest BCUT2D eigenvalue weighted by molar-refractivity contribution is -0.116. The van der Waals surface area contributed by atoms with Gasteiger partial charge >= 0.3 is 6.61 Å². The highest BCUT2D eigenvalue weighted by Gasteiger charge is 2.14. The summed E-state index contributed by atoms with van der Waals surface area (Å²) in [6.45, 7) is -3.02. The number of alkyl halides is 2. The Bertz CT molecular complexity index is 1030. The summed E-state index contributed by atoms with van der Waals surface area (Å²) in [5.41, 5.74) is 1.38. The minimum Gasteiger partial charge on any atom is -0.497 e. The molecule has 3 aromatic rings. The standard InChI is InChI=1S/C23H20F3NO4/c1-29-17-9-6-15(7-10-17)18-14-16(8-11-20(18)31-23(25)26)27-22(28)12-13-30-21-5-3-2-4-19(21)24/h2-11,14,23H,12-13H2,1H3,(H,27,28). The van der Waals surface area contributed by atoms with Gasteiger partial charge in [0.1, 0.15) is 11.5 Å². The smallest absolute Gasteiger partial charge is 0.387 e. The molecule has 0 radical (unpaired) electrons. The molecule has 0 bridgehead atoms. The van der Waals surface area contributed by atoms with Crippen LogP contribution in [0.3, 0.4) is 0 Å². The molecule has 3 aromatic carbocycles. The zero-order valence-electron chi connectivity index (χ0n) is 16.6. The van der Waals surface area contributed by atoms with Crippen LogP contribution < -0.4 is 19.5 Å². The second kappa shape index (κ2) is 10.4. The summed E-state index contributed by atoms with van der Waals surface area (Å²) in [5.74, 6) is -0.243. The van der Waals surface area contributed by atoms with E-state index < -0.39 is 12.4 Å². The summed E-state index contributed by atoms with van der Waals surface area (Å²) in [6, 6.07) is 17.0. The minimum absolute atomic E-state index is 0.0231. The third kappa shape index (κ3) is 6.15. The Morgan fingerprint density at radius 1 is 1.00 bits per heavy atom. The van der Waals surface area contributed by atoms with Crippen molar-refractivity contribution in [1.82, 2.24) is 0 Å². The quantitative estimate of drug-likeness (QED) is 0.485. The van der Waals surface area contributed by atoms with Crippen molar-refractivity contribution < 1.29 is 32.2 Å². The van der Waals surface area contributed by atoms with Crippen LogP contribution in [-0.2, 0) is 4.79 Å². The molecule has 0 heterocycles. The normalized spacial score (nSPS) is 10.6. The lowest BCUT2D eigenvalue weighted by Gasteiger charge is -2.14. The molecule has 0 atom stereocenters. The highest BCUT2D eigenvalue weighted by Crippen LogP contribution is 2.34. The Hall–Kier alpha value is -3.68. The van der Waals surface area contributed by atoms with Gasteiger partial charge in [-0.05, 0) is 48.0 Å². The maximum atomic E-state index is 13.5. The van der Waals surface area contributed by atoms with Gasteiger partial charge in [-0.1, -0.05) is 24.3 Å². The molecule has 8 heteroatoms. The number of nitrogens with one attached hydrogen (secondary N) is 1. The van der Waals surface area contributed by atoms with Crippen LogP contribution in [0, 0.1) is 5.82 Å². The van der Waals surface area contributed by atoms with Crippen LogP contribution in [0.25, 0.3) is 11.1 Å². The first-order valence-electron chi connectivity index (χ1n) is 9.36. The highest BCUT2D eigenvalue weighted by molar-refractivity contribution is 5.92. The van der Waals surface area contributed by atoms with Gasteiger partial charge in [0.25, 0.3) is 0 Å². The minimum atomic E-state index is -2.99. The van der Waals surface area contributed by atoms with Gasteiger partial charge in [-0.25, -0.2) is 4.39 Å². The van der Waals surface area contributed by atoms with Gasteiger partial charge in [0.05, 0.1) is 20.1 Å². The van der Waals surface area contributed by atoms with Crippen LogP contribution in [0.5, 0.6) is 17.2 Å². The molecule has 0 unspecified atom stereocenters. The molecule has 1 N–H and O–H groups in total. The average Bonchev–Trinajstić information content (AvgIpc) is 2.76. The van der Waals surface area contributed by atoms with Crippen molar-refractivity contribution in [3.05, 3.63) is 72.5 Å². The van der Waals surface area contributed by atoms with E-state index in [-0.39, 0.29) is 30.4 Å². The summed E-state index contributed by atoms with van der Waals surface area (Å²) >= 11 is 0. The number of halogens is 3.